The summed E-state index contributed by atoms with van der Waals surface area (Å²) in [5.74, 6) is 0. The van der Waals surface area contributed by atoms with Gasteiger partial charge in [0, 0.05) is 6.42 Å². The summed E-state index contributed by atoms with van der Waals surface area (Å²) in [5.41, 5.74) is 0. The molecule has 0 radical (unpaired) electrons. The van der Waals surface area contributed by atoms with Crippen LogP contribution >= 0.6 is 0 Å². The lowest BCUT2D eigenvalue weighted by molar-refractivity contribution is -0.923. The highest BCUT2D eigenvalue weighted by atomic mass is 15.3. The van der Waals surface area contributed by atoms with Gasteiger partial charge in [-0.05, 0) is 40.0 Å². The van der Waals surface area contributed by atoms with Crippen LogP contribution in [0.15, 0.2) is 0 Å². The summed E-state index contributed by atoms with van der Waals surface area (Å²) in [6.45, 7) is 12.0. The van der Waals surface area contributed by atoms with E-state index in [9.17, 15) is 0 Å². The van der Waals surface area contributed by atoms with Gasteiger partial charge in [-0.1, -0.05) is 6.42 Å². The minimum absolute atomic E-state index is 0.731. The van der Waals surface area contributed by atoms with E-state index in [1.807, 2.05) is 0 Å². The first-order valence-electron chi connectivity index (χ1n) is 6.46. The second-order valence-corrected chi connectivity index (χ2v) is 4.34. The van der Waals surface area contributed by atoms with Gasteiger partial charge in [-0.2, -0.15) is 5.26 Å². The first-order chi connectivity index (χ1) is 7.24. The van der Waals surface area contributed by atoms with Crippen molar-refractivity contribution < 1.29 is 4.48 Å². The molecule has 0 heterocycles. The largest absolute Gasteiger partial charge is 0.324 e. The predicted molar refractivity (Wildman–Crippen MR) is 65.4 cm³/mol. The molecule has 0 rings (SSSR count). The van der Waals surface area contributed by atoms with E-state index in [0.717, 1.165) is 12.8 Å². The van der Waals surface area contributed by atoms with E-state index >= 15 is 0 Å². The molecule has 2 heteroatoms. The van der Waals surface area contributed by atoms with E-state index in [-0.39, 0.29) is 0 Å². The van der Waals surface area contributed by atoms with Crippen molar-refractivity contribution in [1.82, 2.24) is 0 Å². The fourth-order valence-corrected chi connectivity index (χ4v) is 2.15. The van der Waals surface area contributed by atoms with E-state index in [0.29, 0.717) is 0 Å². The molecule has 0 N–H and O–H groups in total. The van der Waals surface area contributed by atoms with Gasteiger partial charge in [0.05, 0.1) is 32.2 Å². The van der Waals surface area contributed by atoms with E-state index in [2.05, 4.69) is 26.8 Å². The third kappa shape index (κ3) is 5.79. The van der Waals surface area contributed by atoms with Gasteiger partial charge in [0.15, 0.2) is 0 Å². The number of hydrogen-bond donors (Lipinski definition) is 0. The number of quaternary nitrogens is 1. The molecule has 0 fully saturated rings. The van der Waals surface area contributed by atoms with Crippen LogP contribution in [-0.2, 0) is 0 Å². The molecule has 0 saturated carbocycles. The normalized spacial score (nSPS) is 11.3. The third-order valence-corrected chi connectivity index (χ3v) is 3.68. The molecule has 2 nitrogen and oxygen atoms in total. The molecule has 0 unspecified atom stereocenters. The van der Waals surface area contributed by atoms with Crippen molar-refractivity contribution in [3.63, 3.8) is 0 Å². The molecular weight excluding hydrogens is 184 g/mol. The van der Waals surface area contributed by atoms with Crippen LogP contribution in [0.4, 0.5) is 0 Å². The molecular formula is C13H27N2+. The zero-order chi connectivity index (χ0) is 11.6. The molecule has 0 aromatic carbocycles. The van der Waals surface area contributed by atoms with Gasteiger partial charge < -0.3 is 4.48 Å². The number of nitrogens with zero attached hydrogens (tertiary/aromatic N) is 2. The summed E-state index contributed by atoms with van der Waals surface area (Å²) in [5, 5.41) is 8.41. The highest BCUT2D eigenvalue weighted by Gasteiger charge is 2.19. The van der Waals surface area contributed by atoms with Crippen LogP contribution in [0.3, 0.4) is 0 Å². The van der Waals surface area contributed by atoms with Crippen LogP contribution in [0, 0.1) is 11.3 Å². The molecule has 0 bridgehead atoms. The Hall–Kier alpha value is -0.550. The number of unbranched alkanes of at least 4 members (excludes halogenated alkanes) is 4. The van der Waals surface area contributed by atoms with Gasteiger partial charge in [0.1, 0.15) is 0 Å². The van der Waals surface area contributed by atoms with Gasteiger partial charge >= 0.3 is 0 Å². The third-order valence-electron chi connectivity index (χ3n) is 3.68. The zero-order valence-corrected chi connectivity index (χ0v) is 10.8. The fourth-order valence-electron chi connectivity index (χ4n) is 2.15. The second-order valence-electron chi connectivity index (χ2n) is 4.34. The molecule has 0 aliphatic heterocycles. The molecule has 0 aliphatic carbocycles. The summed E-state index contributed by atoms with van der Waals surface area (Å²) in [6.07, 6.45) is 5.66. The van der Waals surface area contributed by atoms with Gasteiger partial charge in [0.25, 0.3) is 0 Å². The SMILES string of the molecule is CC[N+](CC)(CC)CCCCCCC#N. The summed E-state index contributed by atoms with van der Waals surface area (Å²) in [4.78, 5) is 0. The Labute approximate surface area is 95.5 Å². The maximum atomic E-state index is 8.41. The Morgan fingerprint density at radius 2 is 1.40 bits per heavy atom. The van der Waals surface area contributed by atoms with Crippen LogP contribution in [0.2, 0.25) is 0 Å². The highest BCUT2D eigenvalue weighted by Crippen LogP contribution is 2.10. The molecule has 0 spiro atoms. The fraction of sp³-hybridized carbons (Fsp3) is 0.923. The average molecular weight is 211 g/mol. The predicted octanol–water partition coefficient (Wildman–Crippen LogP) is 3.34. The van der Waals surface area contributed by atoms with Crippen molar-refractivity contribution in [3.8, 4) is 6.07 Å². The second kappa shape index (κ2) is 8.73. The Kier molecular flexibility index (Phi) is 8.41. The maximum Gasteiger partial charge on any atom is 0.0786 e. The van der Waals surface area contributed by atoms with E-state index in [4.69, 9.17) is 5.26 Å². The lowest BCUT2D eigenvalue weighted by Gasteiger charge is -2.35. The monoisotopic (exact) mass is 211 g/mol. The van der Waals surface area contributed by atoms with Crippen LogP contribution in [0.5, 0.6) is 0 Å². The number of hydrogen-bond acceptors (Lipinski definition) is 1. The highest BCUT2D eigenvalue weighted by molar-refractivity contribution is 4.67. The number of nitriles is 1. The molecule has 0 amide bonds. The molecule has 0 aromatic rings. The van der Waals surface area contributed by atoms with Crippen LogP contribution in [-0.4, -0.2) is 30.7 Å². The lowest BCUT2D eigenvalue weighted by Crippen LogP contribution is -2.48. The van der Waals surface area contributed by atoms with Gasteiger partial charge in [-0.3, -0.25) is 0 Å². The molecule has 15 heavy (non-hydrogen) atoms. The van der Waals surface area contributed by atoms with Gasteiger partial charge in [-0.25, -0.2) is 0 Å². The maximum absolute atomic E-state index is 8.41. The summed E-state index contributed by atoms with van der Waals surface area (Å²) in [6, 6.07) is 2.20. The molecule has 0 aromatic heterocycles. The van der Waals surface area contributed by atoms with Crippen LogP contribution in [0.1, 0.15) is 52.9 Å². The van der Waals surface area contributed by atoms with E-state index < -0.39 is 0 Å². The molecule has 0 saturated heterocycles. The van der Waals surface area contributed by atoms with Crippen molar-refractivity contribution >= 4 is 0 Å². The van der Waals surface area contributed by atoms with E-state index in [1.165, 1.54) is 49.9 Å². The first-order valence-corrected chi connectivity index (χ1v) is 6.46. The molecule has 0 aliphatic rings. The van der Waals surface area contributed by atoms with Crippen LogP contribution < -0.4 is 0 Å². The Balaban J connectivity index is 3.59. The minimum Gasteiger partial charge on any atom is -0.324 e. The van der Waals surface area contributed by atoms with E-state index in [1.54, 1.807) is 0 Å². The molecule has 88 valence electrons. The van der Waals surface area contributed by atoms with Crippen LogP contribution in [0.25, 0.3) is 0 Å². The van der Waals surface area contributed by atoms with Crippen molar-refractivity contribution in [2.45, 2.75) is 52.9 Å². The van der Waals surface area contributed by atoms with Gasteiger partial charge in [0.2, 0.25) is 0 Å². The Morgan fingerprint density at radius 1 is 0.867 bits per heavy atom. The van der Waals surface area contributed by atoms with Gasteiger partial charge in [-0.15, -0.1) is 0 Å². The topological polar surface area (TPSA) is 23.8 Å². The Morgan fingerprint density at radius 3 is 1.87 bits per heavy atom. The zero-order valence-electron chi connectivity index (χ0n) is 10.8. The Bertz CT molecular complexity index is 169. The minimum atomic E-state index is 0.731. The standard InChI is InChI=1S/C13H27N2/c1-4-15(5-2,6-3)13-11-9-7-8-10-12-14/h4-11,13H2,1-3H3/q+1. The lowest BCUT2D eigenvalue weighted by atomic mass is 10.1. The van der Waals surface area contributed by atoms with Crippen molar-refractivity contribution in [2.75, 3.05) is 26.2 Å². The first kappa shape index (κ1) is 14.5. The van der Waals surface area contributed by atoms with Crippen molar-refractivity contribution in [1.29, 1.82) is 5.26 Å². The summed E-state index contributed by atoms with van der Waals surface area (Å²) in [7, 11) is 0. The number of rotatable bonds is 9. The smallest absolute Gasteiger partial charge is 0.0786 e. The summed E-state index contributed by atoms with van der Waals surface area (Å²) >= 11 is 0. The summed E-state index contributed by atoms with van der Waals surface area (Å²) < 4.78 is 1.26. The molecule has 0 atom stereocenters. The quantitative estimate of drug-likeness (QED) is 0.424. The van der Waals surface area contributed by atoms with Crippen molar-refractivity contribution in [3.05, 3.63) is 0 Å². The van der Waals surface area contributed by atoms with Crippen molar-refractivity contribution in [2.24, 2.45) is 0 Å². The average Bonchev–Trinajstić information content (AvgIpc) is 2.29.